The van der Waals surface area contributed by atoms with Gasteiger partial charge in [-0.1, -0.05) is 29.3 Å². The molecule has 0 radical (unpaired) electrons. The molecule has 0 spiro atoms. The number of nitrogens with one attached hydrogen (secondary N) is 1. The fourth-order valence-electron chi connectivity index (χ4n) is 1.73. The molecule has 0 bridgehead atoms. The number of anilines is 1. The largest absolute Gasteiger partial charge is 0.305 e. The molecular formula is C14H7BrCl2N4OS. The van der Waals surface area contributed by atoms with Gasteiger partial charge in [0.05, 0.1) is 15.6 Å². The Morgan fingerprint density at radius 3 is 2.61 bits per heavy atom. The summed E-state index contributed by atoms with van der Waals surface area (Å²) in [5.41, 5.74) is 1.16. The van der Waals surface area contributed by atoms with E-state index < -0.39 is 0 Å². The Labute approximate surface area is 153 Å². The summed E-state index contributed by atoms with van der Waals surface area (Å²) in [6.07, 6.45) is 4.23. The van der Waals surface area contributed by atoms with Gasteiger partial charge in [0, 0.05) is 18.0 Å². The maximum Gasteiger partial charge on any atom is 0.260 e. The zero-order valence-electron chi connectivity index (χ0n) is 11.3. The molecule has 3 aromatic rings. The molecule has 0 unspecified atom stereocenters. The van der Waals surface area contributed by atoms with Gasteiger partial charge in [0.25, 0.3) is 5.91 Å². The molecule has 2 heterocycles. The number of hydrogen-bond acceptors (Lipinski definition) is 5. The van der Waals surface area contributed by atoms with E-state index in [1.807, 2.05) is 6.07 Å². The lowest BCUT2D eigenvalue weighted by atomic mass is 10.2. The number of rotatable bonds is 3. The SMILES string of the molecule is O=C(Nc1nc(-c2ccc(Cl)c(Cl)c2)sc1Br)c1cncnc1. The zero-order valence-corrected chi connectivity index (χ0v) is 15.2. The van der Waals surface area contributed by atoms with Crippen molar-refractivity contribution in [2.24, 2.45) is 0 Å². The molecule has 23 heavy (non-hydrogen) atoms. The summed E-state index contributed by atoms with van der Waals surface area (Å²) < 4.78 is 0.698. The second-order valence-electron chi connectivity index (χ2n) is 4.35. The summed E-state index contributed by atoms with van der Waals surface area (Å²) in [6.45, 7) is 0. The molecule has 9 heteroatoms. The number of thiazole rings is 1. The van der Waals surface area contributed by atoms with E-state index in [4.69, 9.17) is 23.2 Å². The van der Waals surface area contributed by atoms with E-state index in [2.05, 4.69) is 36.2 Å². The molecule has 116 valence electrons. The third-order valence-electron chi connectivity index (χ3n) is 2.81. The van der Waals surface area contributed by atoms with E-state index >= 15 is 0 Å². The first-order chi connectivity index (χ1) is 11.0. The Morgan fingerprint density at radius 2 is 1.91 bits per heavy atom. The van der Waals surface area contributed by atoms with Gasteiger partial charge in [-0.25, -0.2) is 15.0 Å². The number of nitrogens with zero attached hydrogens (tertiary/aromatic N) is 3. The summed E-state index contributed by atoms with van der Waals surface area (Å²) >= 11 is 16.7. The van der Waals surface area contributed by atoms with Crippen LogP contribution in [0.25, 0.3) is 10.6 Å². The Morgan fingerprint density at radius 1 is 1.17 bits per heavy atom. The van der Waals surface area contributed by atoms with Crippen molar-refractivity contribution in [1.29, 1.82) is 0 Å². The minimum absolute atomic E-state index is 0.336. The van der Waals surface area contributed by atoms with Crippen molar-refractivity contribution in [1.82, 2.24) is 15.0 Å². The minimum atomic E-state index is -0.336. The normalized spacial score (nSPS) is 10.6. The zero-order chi connectivity index (χ0) is 16.4. The lowest BCUT2D eigenvalue weighted by Crippen LogP contribution is -2.13. The summed E-state index contributed by atoms with van der Waals surface area (Å²) in [6, 6.07) is 5.25. The Kier molecular flexibility index (Phi) is 4.91. The highest BCUT2D eigenvalue weighted by Crippen LogP contribution is 2.37. The van der Waals surface area contributed by atoms with Gasteiger partial charge in [-0.05, 0) is 28.1 Å². The maximum absolute atomic E-state index is 12.1. The molecule has 1 aromatic carbocycles. The van der Waals surface area contributed by atoms with Gasteiger partial charge in [0.1, 0.15) is 15.1 Å². The first kappa shape index (κ1) is 16.3. The third kappa shape index (κ3) is 3.69. The molecule has 1 N–H and O–H groups in total. The first-order valence-corrected chi connectivity index (χ1v) is 8.59. The van der Waals surface area contributed by atoms with Crippen LogP contribution in [-0.2, 0) is 0 Å². The molecule has 0 aliphatic carbocycles. The average Bonchev–Trinajstić information content (AvgIpc) is 2.92. The van der Waals surface area contributed by atoms with Crippen molar-refractivity contribution >= 4 is 62.2 Å². The molecular weight excluding hydrogens is 423 g/mol. The number of aromatic nitrogens is 3. The van der Waals surface area contributed by atoms with Crippen LogP contribution >= 0.6 is 50.5 Å². The van der Waals surface area contributed by atoms with Crippen LogP contribution in [0.2, 0.25) is 10.0 Å². The lowest BCUT2D eigenvalue weighted by Gasteiger charge is -2.01. The van der Waals surface area contributed by atoms with Gasteiger partial charge >= 0.3 is 0 Å². The summed E-state index contributed by atoms with van der Waals surface area (Å²) in [5, 5.41) is 4.34. The Balaban J connectivity index is 1.86. The van der Waals surface area contributed by atoms with E-state index in [0.717, 1.165) is 5.56 Å². The number of halogens is 3. The molecule has 0 fully saturated rings. The van der Waals surface area contributed by atoms with Crippen molar-refractivity contribution < 1.29 is 4.79 Å². The number of amides is 1. The fraction of sp³-hybridized carbons (Fsp3) is 0. The van der Waals surface area contributed by atoms with Crippen molar-refractivity contribution in [2.45, 2.75) is 0 Å². The monoisotopic (exact) mass is 428 g/mol. The predicted molar refractivity (Wildman–Crippen MR) is 95.3 cm³/mol. The molecule has 0 aliphatic rings. The number of hydrogen-bond donors (Lipinski definition) is 1. The lowest BCUT2D eigenvalue weighted by molar-refractivity contribution is 0.102. The molecule has 0 saturated heterocycles. The number of benzene rings is 1. The summed E-state index contributed by atoms with van der Waals surface area (Å²) in [4.78, 5) is 24.2. The van der Waals surface area contributed by atoms with Crippen LogP contribution in [0, 0.1) is 0 Å². The van der Waals surface area contributed by atoms with Gasteiger partial charge in [-0.15, -0.1) is 11.3 Å². The summed E-state index contributed by atoms with van der Waals surface area (Å²) in [5.74, 6) is 0.0854. The Hall–Kier alpha value is -1.54. The molecule has 3 rings (SSSR count). The number of carbonyl (C=O) groups excluding carboxylic acids is 1. The molecule has 5 nitrogen and oxygen atoms in total. The van der Waals surface area contributed by atoms with Crippen LogP contribution in [0.3, 0.4) is 0 Å². The molecule has 0 atom stereocenters. The molecule has 1 amide bonds. The van der Waals surface area contributed by atoms with Gasteiger partial charge in [-0.3, -0.25) is 4.79 Å². The van der Waals surface area contributed by atoms with E-state index in [9.17, 15) is 4.79 Å². The quantitative estimate of drug-likeness (QED) is 0.641. The highest BCUT2D eigenvalue weighted by molar-refractivity contribution is 9.11. The minimum Gasteiger partial charge on any atom is -0.305 e. The highest BCUT2D eigenvalue weighted by atomic mass is 79.9. The highest BCUT2D eigenvalue weighted by Gasteiger charge is 2.15. The summed E-state index contributed by atoms with van der Waals surface area (Å²) in [7, 11) is 0. The van der Waals surface area contributed by atoms with E-state index in [1.165, 1.54) is 30.1 Å². The predicted octanol–water partition coefficient (Wildman–Crippen LogP) is 4.92. The molecule has 0 aliphatic heterocycles. The van der Waals surface area contributed by atoms with Crippen LogP contribution in [0.15, 0.2) is 40.7 Å². The van der Waals surface area contributed by atoms with Crippen molar-refractivity contribution in [3.8, 4) is 10.6 Å². The van der Waals surface area contributed by atoms with Crippen LogP contribution in [0.1, 0.15) is 10.4 Å². The van der Waals surface area contributed by atoms with E-state index in [1.54, 1.807) is 12.1 Å². The van der Waals surface area contributed by atoms with Crippen LogP contribution in [0.4, 0.5) is 5.82 Å². The van der Waals surface area contributed by atoms with Gasteiger partial charge < -0.3 is 5.32 Å². The van der Waals surface area contributed by atoms with Crippen LogP contribution in [0.5, 0.6) is 0 Å². The second kappa shape index (κ2) is 6.92. The van der Waals surface area contributed by atoms with Gasteiger partial charge in [0.15, 0.2) is 5.82 Å². The maximum atomic E-state index is 12.1. The standard InChI is InChI=1S/C14H7BrCl2N4OS/c15-11-12(20-13(22)8-4-18-6-19-5-8)21-14(23-11)7-1-2-9(16)10(17)3-7/h1-6H,(H,20,22). The van der Waals surface area contributed by atoms with Gasteiger partial charge in [-0.2, -0.15) is 0 Å². The van der Waals surface area contributed by atoms with Gasteiger partial charge in [0.2, 0.25) is 0 Å². The second-order valence-corrected chi connectivity index (χ2v) is 7.48. The fourth-order valence-corrected chi connectivity index (χ4v) is 3.42. The first-order valence-electron chi connectivity index (χ1n) is 6.22. The molecule has 2 aromatic heterocycles. The van der Waals surface area contributed by atoms with Crippen molar-refractivity contribution in [3.05, 3.63) is 56.3 Å². The topological polar surface area (TPSA) is 67.8 Å². The molecule has 0 saturated carbocycles. The average molecular weight is 430 g/mol. The van der Waals surface area contributed by atoms with Crippen LogP contribution in [-0.4, -0.2) is 20.9 Å². The van der Waals surface area contributed by atoms with Crippen molar-refractivity contribution in [2.75, 3.05) is 5.32 Å². The van der Waals surface area contributed by atoms with Crippen LogP contribution < -0.4 is 5.32 Å². The van der Waals surface area contributed by atoms with Crippen molar-refractivity contribution in [3.63, 3.8) is 0 Å². The van der Waals surface area contributed by atoms with E-state index in [-0.39, 0.29) is 5.91 Å². The Bertz CT molecular complexity index is 872. The smallest absolute Gasteiger partial charge is 0.260 e. The number of carbonyl (C=O) groups is 1. The van der Waals surface area contributed by atoms with E-state index in [0.29, 0.717) is 30.2 Å². The third-order valence-corrected chi connectivity index (χ3v) is 5.30.